The molecule has 3 heteroatoms. The Bertz CT molecular complexity index is 3220. The molecule has 0 saturated heterocycles. The zero-order valence-corrected chi connectivity index (χ0v) is 30.4. The fraction of sp³-hybridized carbons (Fsp3) is 0. The van der Waals surface area contributed by atoms with E-state index in [9.17, 15) is 0 Å². The first-order chi connectivity index (χ1) is 27.8. The molecule has 0 bridgehead atoms. The van der Waals surface area contributed by atoms with Gasteiger partial charge in [-0.15, -0.1) is 0 Å². The summed E-state index contributed by atoms with van der Waals surface area (Å²) in [6.45, 7) is 0. The van der Waals surface area contributed by atoms with Gasteiger partial charge in [-0.3, -0.25) is 0 Å². The minimum absolute atomic E-state index is 0.693. The molecule has 2 aromatic heterocycles. The molecule has 56 heavy (non-hydrogen) atoms. The SMILES string of the molecule is c1ccc(-c2nc(-c3cc4ccccc4c4ccccc34)nc(-c3ccccc3)c2-c2cccc(-c3nc4ccccc4c4c3ccc3ccccc34)c2)cc1. The van der Waals surface area contributed by atoms with Crippen molar-refractivity contribution in [2.24, 2.45) is 0 Å². The van der Waals surface area contributed by atoms with E-state index in [2.05, 4.69) is 200 Å². The van der Waals surface area contributed by atoms with Crippen molar-refractivity contribution < 1.29 is 0 Å². The molecule has 0 aliphatic carbocycles. The van der Waals surface area contributed by atoms with Crippen molar-refractivity contribution in [3.63, 3.8) is 0 Å². The number of fused-ring (bicyclic) bond motifs is 8. The molecule has 260 valence electrons. The Hall–Kier alpha value is -7.49. The average Bonchev–Trinajstić information content (AvgIpc) is 3.28. The van der Waals surface area contributed by atoms with Gasteiger partial charge < -0.3 is 0 Å². The van der Waals surface area contributed by atoms with Gasteiger partial charge in [0.1, 0.15) is 0 Å². The highest BCUT2D eigenvalue weighted by Gasteiger charge is 2.22. The lowest BCUT2D eigenvalue weighted by atomic mass is 9.91. The van der Waals surface area contributed by atoms with Gasteiger partial charge in [-0.05, 0) is 56.1 Å². The summed E-state index contributed by atoms with van der Waals surface area (Å²) >= 11 is 0. The van der Waals surface area contributed by atoms with E-state index < -0.39 is 0 Å². The van der Waals surface area contributed by atoms with Crippen LogP contribution in [-0.2, 0) is 0 Å². The van der Waals surface area contributed by atoms with Gasteiger partial charge in [0.05, 0.1) is 22.6 Å². The van der Waals surface area contributed by atoms with Gasteiger partial charge in [-0.1, -0.05) is 182 Å². The number of rotatable bonds is 5. The third-order valence-electron chi connectivity index (χ3n) is 11.0. The van der Waals surface area contributed by atoms with Crippen LogP contribution in [0.25, 0.3) is 110 Å². The Morgan fingerprint density at radius 1 is 0.286 bits per heavy atom. The molecular formula is C53H33N3. The lowest BCUT2D eigenvalue weighted by Gasteiger charge is -2.19. The number of aromatic nitrogens is 3. The number of pyridine rings is 1. The second-order valence-corrected chi connectivity index (χ2v) is 14.3. The van der Waals surface area contributed by atoms with Crippen molar-refractivity contribution in [2.75, 3.05) is 0 Å². The number of para-hydroxylation sites is 1. The minimum atomic E-state index is 0.693. The van der Waals surface area contributed by atoms with E-state index in [-0.39, 0.29) is 0 Å². The van der Waals surface area contributed by atoms with Crippen molar-refractivity contribution in [3.05, 3.63) is 200 Å². The highest BCUT2D eigenvalue weighted by atomic mass is 14.9. The molecular weight excluding hydrogens is 679 g/mol. The van der Waals surface area contributed by atoms with Crippen LogP contribution in [0.5, 0.6) is 0 Å². The van der Waals surface area contributed by atoms with Crippen molar-refractivity contribution >= 4 is 54.0 Å². The molecule has 0 saturated carbocycles. The standard InChI is InChI=1S/C53H33N3/c1-3-17-35(18-4-1)51-48(38-22-15-23-39(32-38)50-45-31-30-34-16-7-10-25-41(34)49(45)44-28-13-14-29-47(44)54-50)52(36-19-5-2-6-20-36)56-53(55-51)46-33-37-21-8-9-24-40(37)42-26-11-12-27-43(42)46/h1-33H. The molecule has 0 radical (unpaired) electrons. The van der Waals surface area contributed by atoms with Gasteiger partial charge in [-0.25, -0.2) is 15.0 Å². The Balaban J connectivity index is 1.21. The molecule has 0 fully saturated rings. The number of hydrogen-bond acceptors (Lipinski definition) is 3. The highest BCUT2D eigenvalue weighted by Crippen LogP contribution is 2.44. The maximum Gasteiger partial charge on any atom is 0.161 e. The van der Waals surface area contributed by atoms with Crippen LogP contribution in [0, 0.1) is 0 Å². The van der Waals surface area contributed by atoms with Gasteiger partial charge in [0.25, 0.3) is 0 Å². The number of benzene rings is 9. The molecule has 9 aromatic carbocycles. The van der Waals surface area contributed by atoms with Gasteiger partial charge in [0.15, 0.2) is 5.82 Å². The summed E-state index contributed by atoms with van der Waals surface area (Å²) in [4.78, 5) is 16.4. The van der Waals surface area contributed by atoms with E-state index in [1.165, 1.54) is 26.9 Å². The fourth-order valence-electron chi connectivity index (χ4n) is 8.47. The first-order valence-corrected chi connectivity index (χ1v) is 19.0. The van der Waals surface area contributed by atoms with Crippen LogP contribution < -0.4 is 0 Å². The average molecular weight is 712 g/mol. The molecule has 3 nitrogen and oxygen atoms in total. The van der Waals surface area contributed by atoms with Crippen molar-refractivity contribution in [3.8, 4) is 56.3 Å². The summed E-state index contributed by atoms with van der Waals surface area (Å²) in [7, 11) is 0. The molecule has 2 heterocycles. The predicted octanol–water partition coefficient (Wildman–Crippen LogP) is 14.0. The third-order valence-corrected chi connectivity index (χ3v) is 11.0. The summed E-state index contributed by atoms with van der Waals surface area (Å²) in [6, 6.07) is 70.8. The molecule has 0 unspecified atom stereocenters. The molecule has 0 aliphatic heterocycles. The molecule has 0 atom stereocenters. The van der Waals surface area contributed by atoms with Gasteiger partial charge >= 0.3 is 0 Å². The molecule has 0 N–H and O–H groups in total. The largest absolute Gasteiger partial charge is 0.247 e. The Morgan fingerprint density at radius 2 is 0.839 bits per heavy atom. The number of nitrogens with zero attached hydrogens (tertiary/aromatic N) is 3. The van der Waals surface area contributed by atoms with E-state index in [1.54, 1.807) is 0 Å². The fourth-order valence-corrected chi connectivity index (χ4v) is 8.47. The second kappa shape index (κ2) is 13.1. The zero-order valence-electron chi connectivity index (χ0n) is 30.4. The van der Waals surface area contributed by atoms with Crippen LogP contribution in [0.2, 0.25) is 0 Å². The van der Waals surface area contributed by atoms with Crippen LogP contribution in [0.1, 0.15) is 0 Å². The Labute approximate surface area is 324 Å². The van der Waals surface area contributed by atoms with Crippen molar-refractivity contribution in [1.82, 2.24) is 15.0 Å². The second-order valence-electron chi connectivity index (χ2n) is 14.3. The topological polar surface area (TPSA) is 38.7 Å². The van der Waals surface area contributed by atoms with Crippen LogP contribution in [-0.4, -0.2) is 15.0 Å². The molecule has 0 spiro atoms. The Morgan fingerprint density at radius 3 is 1.57 bits per heavy atom. The lowest BCUT2D eigenvalue weighted by molar-refractivity contribution is 1.19. The van der Waals surface area contributed by atoms with Crippen molar-refractivity contribution in [1.29, 1.82) is 0 Å². The van der Waals surface area contributed by atoms with Crippen LogP contribution in [0.3, 0.4) is 0 Å². The van der Waals surface area contributed by atoms with Crippen molar-refractivity contribution in [2.45, 2.75) is 0 Å². The Kier molecular flexibility index (Phi) is 7.49. The molecule has 11 aromatic rings. The van der Waals surface area contributed by atoms with Gasteiger partial charge in [0, 0.05) is 44.0 Å². The third kappa shape index (κ3) is 5.25. The van der Waals surface area contributed by atoms with E-state index in [1.807, 2.05) is 0 Å². The van der Waals surface area contributed by atoms with Crippen LogP contribution in [0.4, 0.5) is 0 Å². The normalized spacial score (nSPS) is 11.6. The quantitative estimate of drug-likeness (QED) is 0.167. The molecule has 11 rings (SSSR count). The maximum absolute atomic E-state index is 5.53. The summed E-state index contributed by atoms with van der Waals surface area (Å²) in [6.07, 6.45) is 0. The minimum Gasteiger partial charge on any atom is -0.247 e. The lowest BCUT2D eigenvalue weighted by Crippen LogP contribution is -2.01. The smallest absolute Gasteiger partial charge is 0.161 e. The van der Waals surface area contributed by atoms with E-state index >= 15 is 0 Å². The zero-order chi connectivity index (χ0) is 37.0. The molecule has 0 amide bonds. The first-order valence-electron chi connectivity index (χ1n) is 19.0. The highest BCUT2D eigenvalue weighted by molar-refractivity contribution is 6.22. The summed E-state index contributed by atoms with van der Waals surface area (Å²) in [5, 5.41) is 10.6. The van der Waals surface area contributed by atoms with Crippen LogP contribution >= 0.6 is 0 Å². The monoisotopic (exact) mass is 711 g/mol. The number of hydrogen-bond donors (Lipinski definition) is 0. The van der Waals surface area contributed by atoms with E-state index in [0.717, 1.165) is 77.5 Å². The van der Waals surface area contributed by atoms with Crippen LogP contribution in [0.15, 0.2) is 200 Å². The predicted molar refractivity (Wildman–Crippen MR) is 235 cm³/mol. The van der Waals surface area contributed by atoms with E-state index in [4.69, 9.17) is 15.0 Å². The van der Waals surface area contributed by atoms with E-state index in [0.29, 0.717) is 5.82 Å². The summed E-state index contributed by atoms with van der Waals surface area (Å²) in [5.74, 6) is 0.693. The van der Waals surface area contributed by atoms with Gasteiger partial charge in [0.2, 0.25) is 0 Å². The summed E-state index contributed by atoms with van der Waals surface area (Å²) in [5.41, 5.74) is 9.80. The summed E-state index contributed by atoms with van der Waals surface area (Å²) < 4.78 is 0. The molecule has 0 aliphatic rings. The van der Waals surface area contributed by atoms with Gasteiger partial charge in [-0.2, -0.15) is 0 Å². The maximum atomic E-state index is 5.53. The first kappa shape index (κ1) is 32.0.